The number of rotatable bonds is 4. The first-order valence-electron chi connectivity index (χ1n) is 7.03. The summed E-state index contributed by atoms with van der Waals surface area (Å²) in [5, 5.41) is 9.75. The maximum Gasteiger partial charge on any atom is 0.246 e. The summed E-state index contributed by atoms with van der Waals surface area (Å²) in [6.07, 6.45) is 4.78. The number of hydrogen-bond donors (Lipinski definition) is 2. The first-order valence-corrected chi connectivity index (χ1v) is 8.47. The first kappa shape index (κ1) is 15.5. The molecule has 0 saturated carbocycles. The van der Waals surface area contributed by atoms with E-state index in [0.29, 0.717) is 19.0 Å². The molecule has 2 heterocycles. The van der Waals surface area contributed by atoms with Crippen LogP contribution in [0.5, 0.6) is 0 Å². The monoisotopic (exact) mass is 300 g/mol. The normalized spacial score (nSPS) is 22.1. The smallest absolute Gasteiger partial charge is 0.246 e. The van der Waals surface area contributed by atoms with Crippen molar-refractivity contribution in [1.82, 2.24) is 19.8 Å². The summed E-state index contributed by atoms with van der Waals surface area (Å²) in [7, 11) is -3.39. The Bertz CT molecular complexity index is 519. The molecular weight excluding hydrogens is 276 g/mol. The molecule has 1 unspecified atom stereocenters. The van der Waals surface area contributed by atoms with Gasteiger partial charge in [-0.05, 0) is 46.1 Å². The van der Waals surface area contributed by atoms with Crippen LogP contribution >= 0.6 is 0 Å². The maximum absolute atomic E-state index is 12.4. The second-order valence-corrected chi connectivity index (χ2v) is 8.37. The van der Waals surface area contributed by atoms with Crippen molar-refractivity contribution in [2.45, 2.75) is 44.0 Å². The van der Waals surface area contributed by atoms with Gasteiger partial charge >= 0.3 is 0 Å². The Kier molecular flexibility index (Phi) is 4.51. The fraction of sp³-hybridized carbons (Fsp3) is 0.769. The Morgan fingerprint density at radius 3 is 2.85 bits per heavy atom. The van der Waals surface area contributed by atoms with Gasteiger partial charge in [0.1, 0.15) is 4.90 Å². The summed E-state index contributed by atoms with van der Waals surface area (Å²) in [6.45, 7) is 8.39. The highest BCUT2D eigenvalue weighted by Gasteiger charge is 2.31. The molecule has 6 nitrogen and oxygen atoms in total. The van der Waals surface area contributed by atoms with Crippen molar-refractivity contribution >= 4 is 10.0 Å². The fourth-order valence-electron chi connectivity index (χ4n) is 2.39. The van der Waals surface area contributed by atoms with Crippen molar-refractivity contribution in [3.8, 4) is 0 Å². The summed E-state index contributed by atoms with van der Waals surface area (Å²) >= 11 is 0. The minimum absolute atomic E-state index is 0.0612. The molecule has 20 heavy (non-hydrogen) atoms. The molecule has 114 valence electrons. The Morgan fingerprint density at radius 2 is 2.25 bits per heavy atom. The van der Waals surface area contributed by atoms with Gasteiger partial charge in [-0.1, -0.05) is 0 Å². The maximum atomic E-state index is 12.4. The van der Waals surface area contributed by atoms with E-state index in [1.807, 2.05) is 0 Å². The van der Waals surface area contributed by atoms with Gasteiger partial charge in [0.15, 0.2) is 0 Å². The fourth-order valence-corrected chi connectivity index (χ4v) is 3.85. The van der Waals surface area contributed by atoms with Crippen LogP contribution in [0.4, 0.5) is 0 Å². The van der Waals surface area contributed by atoms with Crippen LogP contribution < -0.4 is 5.32 Å². The van der Waals surface area contributed by atoms with Gasteiger partial charge in [0, 0.05) is 24.8 Å². The lowest BCUT2D eigenvalue weighted by Gasteiger charge is -2.33. The van der Waals surface area contributed by atoms with E-state index in [9.17, 15) is 8.42 Å². The largest absolute Gasteiger partial charge is 0.312 e. The Morgan fingerprint density at radius 1 is 1.50 bits per heavy atom. The predicted octanol–water partition coefficient (Wildman–Crippen LogP) is 1.20. The van der Waals surface area contributed by atoms with E-state index in [2.05, 4.69) is 36.3 Å². The number of nitrogens with one attached hydrogen (secondary N) is 2. The molecule has 1 fully saturated rings. The van der Waals surface area contributed by atoms with Crippen molar-refractivity contribution in [2.75, 3.05) is 19.6 Å². The van der Waals surface area contributed by atoms with E-state index in [1.54, 1.807) is 4.31 Å². The third-order valence-corrected chi connectivity index (χ3v) is 5.34. The topological polar surface area (TPSA) is 78.1 Å². The van der Waals surface area contributed by atoms with E-state index in [1.165, 1.54) is 12.4 Å². The van der Waals surface area contributed by atoms with Crippen LogP contribution in [-0.2, 0) is 10.0 Å². The minimum atomic E-state index is -3.39. The average Bonchev–Trinajstić information content (AvgIpc) is 2.90. The zero-order valence-corrected chi connectivity index (χ0v) is 13.2. The van der Waals surface area contributed by atoms with Crippen LogP contribution in [0.3, 0.4) is 0 Å². The van der Waals surface area contributed by atoms with Crippen molar-refractivity contribution in [2.24, 2.45) is 5.92 Å². The van der Waals surface area contributed by atoms with Crippen LogP contribution in [-0.4, -0.2) is 48.1 Å². The number of hydrogen-bond acceptors (Lipinski definition) is 4. The second kappa shape index (κ2) is 5.83. The molecular formula is C13H24N4O2S. The van der Waals surface area contributed by atoms with Crippen LogP contribution in [0.15, 0.2) is 17.3 Å². The van der Waals surface area contributed by atoms with Gasteiger partial charge < -0.3 is 5.32 Å². The van der Waals surface area contributed by atoms with Crippen molar-refractivity contribution < 1.29 is 8.42 Å². The summed E-state index contributed by atoms with van der Waals surface area (Å²) in [5.41, 5.74) is 0.0612. The van der Waals surface area contributed by atoms with Crippen molar-refractivity contribution in [3.63, 3.8) is 0 Å². The van der Waals surface area contributed by atoms with Gasteiger partial charge in [-0.2, -0.15) is 9.40 Å². The van der Waals surface area contributed by atoms with Crippen LogP contribution in [0, 0.1) is 5.92 Å². The van der Waals surface area contributed by atoms with Crippen LogP contribution in [0.2, 0.25) is 0 Å². The summed E-state index contributed by atoms with van der Waals surface area (Å²) in [4.78, 5) is 0.252. The Balaban J connectivity index is 2.00. The number of H-pyrrole nitrogens is 1. The van der Waals surface area contributed by atoms with Gasteiger partial charge in [0.25, 0.3) is 0 Å². The van der Waals surface area contributed by atoms with Gasteiger partial charge in [-0.3, -0.25) is 5.10 Å². The average molecular weight is 300 g/mol. The first-order chi connectivity index (χ1) is 9.29. The molecule has 0 aliphatic carbocycles. The molecule has 1 aliphatic heterocycles. The molecule has 0 amide bonds. The zero-order chi connectivity index (χ0) is 14.8. The van der Waals surface area contributed by atoms with E-state index in [0.717, 1.165) is 19.4 Å². The van der Waals surface area contributed by atoms with E-state index >= 15 is 0 Å². The molecule has 1 atom stereocenters. The number of sulfonamides is 1. The predicted molar refractivity (Wildman–Crippen MR) is 77.8 cm³/mol. The second-order valence-electron chi connectivity index (χ2n) is 6.44. The Labute approximate surface area is 121 Å². The molecule has 0 aromatic carbocycles. The summed E-state index contributed by atoms with van der Waals surface area (Å²) in [5.74, 6) is 0.365. The van der Waals surface area contributed by atoms with Gasteiger partial charge in [0.2, 0.25) is 10.0 Å². The minimum Gasteiger partial charge on any atom is -0.312 e. The molecule has 0 spiro atoms. The quantitative estimate of drug-likeness (QED) is 0.876. The third-order valence-electron chi connectivity index (χ3n) is 3.51. The molecule has 1 aromatic rings. The van der Waals surface area contributed by atoms with Gasteiger partial charge in [0.05, 0.1) is 6.20 Å². The van der Waals surface area contributed by atoms with E-state index in [4.69, 9.17) is 0 Å². The van der Waals surface area contributed by atoms with Crippen LogP contribution in [0.1, 0.15) is 33.6 Å². The van der Waals surface area contributed by atoms with Crippen molar-refractivity contribution in [1.29, 1.82) is 0 Å². The lowest BCUT2D eigenvalue weighted by molar-refractivity contribution is 0.245. The number of nitrogens with zero attached hydrogens (tertiary/aromatic N) is 2. The molecule has 0 radical (unpaired) electrons. The highest BCUT2D eigenvalue weighted by molar-refractivity contribution is 7.89. The molecule has 1 aromatic heterocycles. The lowest BCUT2D eigenvalue weighted by Crippen LogP contribution is -2.46. The summed E-state index contributed by atoms with van der Waals surface area (Å²) in [6, 6.07) is 0. The van der Waals surface area contributed by atoms with Gasteiger partial charge in [-0.15, -0.1) is 0 Å². The molecule has 1 aliphatic rings. The molecule has 2 rings (SSSR count). The molecule has 0 bridgehead atoms. The highest BCUT2D eigenvalue weighted by Crippen LogP contribution is 2.23. The number of piperidine rings is 1. The molecule has 2 N–H and O–H groups in total. The standard InChI is InChI=1S/C13H24N4O2S/c1-13(2,3)14-7-11-5-4-6-17(10-11)20(18,19)12-8-15-16-9-12/h8-9,11,14H,4-7,10H2,1-3H3,(H,15,16). The van der Waals surface area contributed by atoms with E-state index in [-0.39, 0.29) is 10.4 Å². The zero-order valence-electron chi connectivity index (χ0n) is 12.4. The lowest BCUT2D eigenvalue weighted by atomic mass is 9.98. The van der Waals surface area contributed by atoms with Crippen molar-refractivity contribution in [3.05, 3.63) is 12.4 Å². The summed E-state index contributed by atoms with van der Waals surface area (Å²) < 4.78 is 26.5. The SMILES string of the molecule is CC(C)(C)NCC1CCCN(S(=O)(=O)c2cn[nH]c2)C1. The number of aromatic amines is 1. The molecule has 7 heteroatoms. The van der Waals surface area contributed by atoms with Crippen LogP contribution in [0.25, 0.3) is 0 Å². The highest BCUT2D eigenvalue weighted by atomic mass is 32.2. The Hall–Kier alpha value is -0.920. The van der Waals surface area contributed by atoms with Gasteiger partial charge in [-0.25, -0.2) is 8.42 Å². The number of aromatic nitrogens is 2. The third kappa shape index (κ3) is 3.80. The van der Waals surface area contributed by atoms with E-state index < -0.39 is 10.0 Å². The molecule has 1 saturated heterocycles.